The van der Waals surface area contributed by atoms with E-state index < -0.39 is 0 Å². The molecule has 176 valence electrons. The predicted molar refractivity (Wildman–Crippen MR) is 146 cm³/mol. The molecule has 5 rings (SSSR count). The first-order valence-electron chi connectivity index (χ1n) is 12.2. The van der Waals surface area contributed by atoms with E-state index in [2.05, 4.69) is 57.2 Å². The summed E-state index contributed by atoms with van der Waals surface area (Å²) in [6.45, 7) is 7.44. The molecule has 0 saturated heterocycles. The minimum atomic E-state index is 0.270. The second kappa shape index (κ2) is 9.68. The third kappa shape index (κ3) is 4.88. The number of nitrogens with zero attached hydrogens (tertiary/aromatic N) is 2. The van der Waals surface area contributed by atoms with Crippen molar-refractivity contribution in [2.45, 2.75) is 46.6 Å². The van der Waals surface area contributed by atoms with E-state index in [9.17, 15) is 5.26 Å². The first-order valence-corrected chi connectivity index (χ1v) is 13.0. The Balaban J connectivity index is 1.51. The third-order valence-corrected chi connectivity index (χ3v) is 8.22. The van der Waals surface area contributed by atoms with Crippen molar-refractivity contribution in [1.29, 1.82) is 5.26 Å². The van der Waals surface area contributed by atoms with Gasteiger partial charge in [0.25, 0.3) is 0 Å². The van der Waals surface area contributed by atoms with E-state index >= 15 is 0 Å². The number of fused-ring (bicyclic) bond motifs is 2. The van der Waals surface area contributed by atoms with Crippen LogP contribution in [0.4, 0.5) is 5.00 Å². The maximum Gasteiger partial charge on any atom is 0.134 e. The van der Waals surface area contributed by atoms with Crippen molar-refractivity contribution in [2.24, 2.45) is 16.3 Å². The van der Waals surface area contributed by atoms with Gasteiger partial charge in [0.2, 0.25) is 0 Å². The number of thiophene rings is 1. The number of hydrogen-bond acceptors (Lipinski definition) is 4. The standard InChI is InChI=1S/C31H30N2OS/c1-31(2,3)23-14-15-25-26(18-32)30(35-29(25)17-23)33-19-27-24-12-8-7-11-22(24)13-16-28(27)34-20-21-9-5-4-6-10-21/h4-13,16,19,23H,14-15,17,20H2,1-3H3/t23-/m1/s1. The van der Waals surface area contributed by atoms with Crippen LogP contribution >= 0.6 is 11.3 Å². The lowest BCUT2D eigenvalue weighted by Crippen LogP contribution is -2.26. The summed E-state index contributed by atoms with van der Waals surface area (Å²) in [5.74, 6) is 1.43. The van der Waals surface area contributed by atoms with Crippen LogP contribution in [-0.2, 0) is 19.4 Å². The first-order chi connectivity index (χ1) is 16.9. The number of hydrogen-bond donors (Lipinski definition) is 0. The summed E-state index contributed by atoms with van der Waals surface area (Å²) < 4.78 is 6.26. The Morgan fingerprint density at radius 1 is 1.06 bits per heavy atom. The number of nitriles is 1. The molecule has 0 spiro atoms. The van der Waals surface area contributed by atoms with Gasteiger partial charge >= 0.3 is 0 Å². The Kier molecular flexibility index (Phi) is 6.45. The molecule has 0 N–H and O–H groups in total. The molecule has 3 nitrogen and oxygen atoms in total. The van der Waals surface area contributed by atoms with E-state index in [1.807, 2.05) is 42.6 Å². The second-order valence-corrected chi connectivity index (χ2v) is 11.4. The van der Waals surface area contributed by atoms with Gasteiger partial charge in [-0.1, -0.05) is 81.4 Å². The largest absolute Gasteiger partial charge is 0.488 e. The van der Waals surface area contributed by atoms with Crippen molar-refractivity contribution in [3.8, 4) is 11.8 Å². The highest BCUT2D eigenvalue weighted by molar-refractivity contribution is 7.16. The van der Waals surface area contributed by atoms with Gasteiger partial charge in [-0.3, -0.25) is 0 Å². The molecule has 0 radical (unpaired) electrons. The Morgan fingerprint density at radius 2 is 1.83 bits per heavy atom. The van der Waals surface area contributed by atoms with E-state index in [1.165, 1.54) is 10.4 Å². The monoisotopic (exact) mass is 478 g/mol. The molecule has 1 aliphatic rings. The predicted octanol–water partition coefficient (Wildman–Crippen LogP) is 8.25. The number of ether oxygens (including phenoxy) is 1. The summed E-state index contributed by atoms with van der Waals surface area (Å²) in [5.41, 5.74) is 4.30. The van der Waals surface area contributed by atoms with Crippen LogP contribution in [0.2, 0.25) is 0 Å². The molecule has 0 bridgehead atoms. The molecule has 0 amide bonds. The maximum absolute atomic E-state index is 9.98. The smallest absolute Gasteiger partial charge is 0.134 e. The highest BCUT2D eigenvalue weighted by Crippen LogP contribution is 2.45. The molecule has 1 heterocycles. The first kappa shape index (κ1) is 23.3. The van der Waals surface area contributed by atoms with Crippen molar-refractivity contribution in [3.63, 3.8) is 0 Å². The van der Waals surface area contributed by atoms with Crippen molar-refractivity contribution >= 4 is 33.3 Å². The molecule has 3 aromatic carbocycles. The highest BCUT2D eigenvalue weighted by atomic mass is 32.1. The summed E-state index contributed by atoms with van der Waals surface area (Å²) in [4.78, 5) is 6.23. The Hall–Kier alpha value is -3.42. The third-order valence-electron chi connectivity index (χ3n) is 7.06. The van der Waals surface area contributed by atoms with Gasteiger partial charge in [0, 0.05) is 16.7 Å². The number of rotatable bonds is 5. The van der Waals surface area contributed by atoms with Gasteiger partial charge in [0.15, 0.2) is 0 Å². The molecule has 1 aromatic heterocycles. The van der Waals surface area contributed by atoms with Crippen molar-refractivity contribution in [3.05, 3.63) is 93.9 Å². The van der Waals surface area contributed by atoms with E-state index in [0.717, 1.165) is 57.5 Å². The molecular formula is C31H30N2OS. The zero-order chi connectivity index (χ0) is 24.4. The van der Waals surface area contributed by atoms with Crippen LogP contribution < -0.4 is 4.74 Å². The van der Waals surface area contributed by atoms with Crippen molar-refractivity contribution in [1.82, 2.24) is 0 Å². The SMILES string of the molecule is CC(C)(C)[C@@H]1CCc2c(sc(N=Cc3c(OCc4ccccc4)ccc4ccccc34)c2C#N)C1. The van der Waals surface area contributed by atoms with Gasteiger partial charge in [0.1, 0.15) is 23.4 Å². The molecular weight excluding hydrogens is 448 g/mol. The van der Waals surface area contributed by atoms with Crippen LogP contribution in [0.25, 0.3) is 10.8 Å². The topological polar surface area (TPSA) is 45.4 Å². The van der Waals surface area contributed by atoms with Gasteiger partial charge in [-0.25, -0.2) is 4.99 Å². The van der Waals surface area contributed by atoms with Crippen LogP contribution in [0.1, 0.15) is 54.3 Å². The van der Waals surface area contributed by atoms with Gasteiger partial charge in [0.05, 0.1) is 5.56 Å². The van der Waals surface area contributed by atoms with E-state index in [0.29, 0.717) is 12.5 Å². The van der Waals surface area contributed by atoms with E-state index in [4.69, 9.17) is 9.73 Å². The Labute approximate surface area is 211 Å². The maximum atomic E-state index is 9.98. The van der Waals surface area contributed by atoms with Crippen molar-refractivity contribution in [2.75, 3.05) is 0 Å². The average Bonchev–Trinajstić information content (AvgIpc) is 3.23. The second-order valence-electron chi connectivity index (χ2n) is 10.3. The minimum absolute atomic E-state index is 0.270. The Morgan fingerprint density at radius 3 is 2.60 bits per heavy atom. The molecule has 35 heavy (non-hydrogen) atoms. The number of benzene rings is 3. The molecule has 1 aliphatic carbocycles. The molecule has 4 heteroatoms. The fourth-order valence-electron chi connectivity index (χ4n) is 4.91. The fourth-order valence-corrected chi connectivity index (χ4v) is 6.13. The summed E-state index contributed by atoms with van der Waals surface area (Å²) in [6.07, 6.45) is 5.02. The zero-order valence-electron chi connectivity index (χ0n) is 20.5. The summed E-state index contributed by atoms with van der Waals surface area (Å²) in [6, 6.07) is 25.0. The molecule has 0 saturated carbocycles. The molecule has 0 fully saturated rings. The molecule has 1 atom stereocenters. The summed E-state index contributed by atoms with van der Waals surface area (Å²) >= 11 is 1.69. The summed E-state index contributed by atoms with van der Waals surface area (Å²) in [5, 5.41) is 13.0. The molecule has 4 aromatic rings. The van der Waals surface area contributed by atoms with Gasteiger partial charge < -0.3 is 4.74 Å². The van der Waals surface area contributed by atoms with Crippen LogP contribution in [0.3, 0.4) is 0 Å². The molecule has 0 aliphatic heterocycles. The normalized spacial score (nSPS) is 15.8. The highest BCUT2D eigenvalue weighted by Gasteiger charge is 2.32. The van der Waals surface area contributed by atoms with Crippen molar-refractivity contribution < 1.29 is 4.74 Å². The number of aliphatic imine (C=N–C) groups is 1. The quantitative estimate of drug-likeness (QED) is 0.271. The van der Waals surface area contributed by atoms with E-state index in [-0.39, 0.29) is 5.41 Å². The zero-order valence-corrected chi connectivity index (χ0v) is 21.4. The van der Waals surface area contributed by atoms with Crippen LogP contribution in [0.5, 0.6) is 5.75 Å². The lowest BCUT2D eigenvalue weighted by atomic mass is 9.72. The average molecular weight is 479 g/mol. The Bertz CT molecular complexity index is 1420. The lowest BCUT2D eigenvalue weighted by Gasteiger charge is -2.33. The van der Waals surface area contributed by atoms with Gasteiger partial charge in [-0.15, -0.1) is 11.3 Å². The van der Waals surface area contributed by atoms with Gasteiger partial charge in [-0.05, 0) is 58.6 Å². The minimum Gasteiger partial charge on any atom is -0.488 e. The lowest BCUT2D eigenvalue weighted by molar-refractivity contribution is 0.218. The summed E-state index contributed by atoms with van der Waals surface area (Å²) in [7, 11) is 0. The molecule has 0 unspecified atom stereocenters. The van der Waals surface area contributed by atoms with Crippen LogP contribution in [0.15, 0.2) is 71.7 Å². The van der Waals surface area contributed by atoms with E-state index in [1.54, 1.807) is 11.3 Å². The van der Waals surface area contributed by atoms with Crippen LogP contribution in [0, 0.1) is 22.7 Å². The van der Waals surface area contributed by atoms with Gasteiger partial charge in [-0.2, -0.15) is 5.26 Å². The van der Waals surface area contributed by atoms with Crippen LogP contribution in [-0.4, -0.2) is 6.21 Å². The fraction of sp³-hybridized carbons (Fsp3) is 0.290.